The minimum Gasteiger partial charge on any atom is -0.475 e. The van der Waals surface area contributed by atoms with Gasteiger partial charge in [-0.3, -0.25) is 4.79 Å². The van der Waals surface area contributed by atoms with Gasteiger partial charge in [-0.25, -0.2) is 9.78 Å². The summed E-state index contributed by atoms with van der Waals surface area (Å²) in [7, 11) is 0. The van der Waals surface area contributed by atoms with Crippen molar-refractivity contribution in [2.24, 2.45) is 0 Å². The average Bonchev–Trinajstić information content (AvgIpc) is 3.27. The van der Waals surface area contributed by atoms with Crippen LogP contribution in [-0.2, 0) is 5.75 Å². The number of nitrogens with zero attached hydrogens (tertiary/aromatic N) is 1. The molecule has 0 aliphatic rings. The number of carbonyl (C=O) groups is 1. The van der Waals surface area contributed by atoms with Crippen LogP contribution in [0.3, 0.4) is 0 Å². The lowest BCUT2D eigenvalue weighted by molar-refractivity contribution is 0.0661. The van der Waals surface area contributed by atoms with E-state index in [0.29, 0.717) is 26.9 Å². The van der Waals surface area contributed by atoms with E-state index in [1.54, 1.807) is 6.07 Å². The van der Waals surface area contributed by atoms with Crippen molar-refractivity contribution in [2.45, 2.75) is 31.7 Å². The zero-order valence-electron chi connectivity index (χ0n) is 16.0. The van der Waals surface area contributed by atoms with Gasteiger partial charge in [0.1, 0.15) is 10.6 Å². The van der Waals surface area contributed by atoms with Crippen LogP contribution in [0.15, 0.2) is 44.7 Å². The number of thioether (sulfide) groups is 1. The topological polar surface area (TPSA) is 96.2 Å². The Kier molecular flexibility index (Phi) is 5.06. The number of carboxylic acid groups (broad SMARTS) is 1. The molecule has 0 bridgehead atoms. The number of aromatic amines is 1. The van der Waals surface area contributed by atoms with E-state index < -0.39 is 5.97 Å². The minimum atomic E-state index is -1.11. The minimum absolute atomic E-state index is 0.107. The van der Waals surface area contributed by atoms with E-state index in [-0.39, 0.29) is 11.3 Å². The van der Waals surface area contributed by atoms with E-state index in [2.05, 4.69) is 35.9 Å². The van der Waals surface area contributed by atoms with Gasteiger partial charge >= 0.3 is 5.97 Å². The van der Waals surface area contributed by atoms with Gasteiger partial charge < -0.3 is 14.5 Å². The second kappa shape index (κ2) is 7.53. The van der Waals surface area contributed by atoms with Crippen LogP contribution in [0.4, 0.5) is 0 Å². The summed E-state index contributed by atoms with van der Waals surface area (Å²) >= 11 is 2.79. The van der Waals surface area contributed by atoms with E-state index in [1.807, 2.05) is 13.0 Å². The highest BCUT2D eigenvalue weighted by molar-refractivity contribution is 7.98. The third-order valence-corrected chi connectivity index (χ3v) is 6.63. The van der Waals surface area contributed by atoms with Crippen molar-refractivity contribution in [3.05, 3.63) is 68.2 Å². The number of nitrogens with one attached hydrogen (secondary N) is 1. The Morgan fingerprint density at radius 2 is 2.00 bits per heavy atom. The van der Waals surface area contributed by atoms with Crippen LogP contribution in [0.25, 0.3) is 21.3 Å². The highest BCUT2D eigenvalue weighted by Crippen LogP contribution is 2.37. The molecule has 0 fully saturated rings. The first kappa shape index (κ1) is 19.5. The molecule has 0 saturated carbocycles. The van der Waals surface area contributed by atoms with E-state index in [9.17, 15) is 9.59 Å². The van der Waals surface area contributed by atoms with Gasteiger partial charge in [-0.05, 0) is 49.6 Å². The first-order valence-electron chi connectivity index (χ1n) is 8.89. The van der Waals surface area contributed by atoms with Crippen molar-refractivity contribution in [1.29, 1.82) is 0 Å². The molecule has 3 aromatic heterocycles. The molecule has 3 heterocycles. The van der Waals surface area contributed by atoms with E-state index in [0.717, 1.165) is 16.0 Å². The van der Waals surface area contributed by atoms with E-state index in [4.69, 9.17) is 9.52 Å². The van der Waals surface area contributed by atoms with Gasteiger partial charge in [0.25, 0.3) is 5.56 Å². The van der Waals surface area contributed by atoms with Crippen LogP contribution in [0, 0.1) is 20.8 Å². The van der Waals surface area contributed by atoms with Gasteiger partial charge in [0.2, 0.25) is 5.76 Å². The predicted octanol–water partition coefficient (Wildman–Crippen LogP) is 5.16. The summed E-state index contributed by atoms with van der Waals surface area (Å²) in [5.41, 5.74) is 4.15. The smallest absolute Gasteiger partial charge is 0.371 e. The van der Waals surface area contributed by atoms with Crippen molar-refractivity contribution < 1.29 is 14.3 Å². The SMILES string of the molecule is Cc1ccc(-c2c(C)sc3nc(SCc4ccc(C(=O)O)o4)[nH]c(=O)c23)cc1C. The standard InChI is InChI=1S/C21H18N2O4S2/c1-10-4-5-13(8-11(10)2)16-12(3)29-19-17(16)18(24)22-21(23-19)28-9-14-6-7-15(27-14)20(25)26/h4-8H,9H2,1-3H3,(H,25,26)(H,22,23,24). The fourth-order valence-corrected chi connectivity index (χ4v) is 4.98. The lowest BCUT2D eigenvalue weighted by atomic mass is 9.99. The third kappa shape index (κ3) is 3.73. The monoisotopic (exact) mass is 426 g/mol. The number of hydrogen-bond acceptors (Lipinski definition) is 6. The Labute approximate surface area is 174 Å². The molecule has 0 spiro atoms. The Bertz CT molecular complexity index is 1300. The molecule has 2 N–H and O–H groups in total. The van der Waals surface area contributed by atoms with Gasteiger partial charge in [-0.15, -0.1) is 11.3 Å². The lowest BCUT2D eigenvalue weighted by Gasteiger charge is -2.06. The summed E-state index contributed by atoms with van der Waals surface area (Å²) in [6, 6.07) is 9.23. The summed E-state index contributed by atoms with van der Waals surface area (Å²) in [4.78, 5) is 33.0. The number of carboxylic acids is 1. The molecule has 8 heteroatoms. The Balaban J connectivity index is 1.68. The molecule has 29 heavy (non-hydrogen) atoms. The number of aryl methyl sites for hydroxylation is 3. The molecule has 0 aliphatic carbocycles. The van der Waals surface area contributed by atoms with Crippen LogP contribution < -0.4 is 5.56 Å². The average molecular weight is 427 g/mol. The van der Waals surface area contributed by atoms with Crippen molar-refractivity contribution in [1.82, 2.24) is 9.97 Å². The second-order valence-electron chi connectivity index (χ2n) is 6.74. The van der Waals surface area contributed by atoms with Gasteiger partial charge in [0.15, 0.2) is 5.16 Å². The number of aromatic carboxylic acids is 1. The van der Waals surface area contributed by atoms with Crippen LogP contribution in [-0.4, -0.2) is 21.0 Å². The number of furan rings is 1. The fourth-order valence-electron chi connectivity index (χ4n) is 3.12. The van der Waals surface area contributed by atoms with Gasteiger partial charge in [0.05, 0.1) is 11.1 Å². The normalized spacial score (nSPS) is 11.3. The van der Waals surface area contributed by atoms with Crippen molar-refractivity contribution in [3.8, 4) is 11.1 Å². The molecule has 0 radical (unpaired) electrons. The number of benzene rings is 1. The zero-order chi connectivity index (χ0) is 20.7. The molecule has 1 aromatic carbocycles. The highest BCUT2D eigenvalue weighted by atomic mass is 32.2. The Hall–Kier alpha value is -2.84. The summed E-state index contributed by atoms with van der Waals surface area (Å²) in [5.74, 6) is -0.337. The summed E-state index contributed by atoms with van der Waals surface area (Å²) in [6.45, 7) is 6.12. The van der Waals surface area contributed by atoms with Gasteiger partial charge in [0, 0.05) is 10.4 Å². The molecule has 148 valence electrons. The third-order valence-electron chi connectivity index (χ3n) is 4.74. The maximum atomic E-state index is 12.9. The summed E-state index contributed by atoms with van der Waals surface area (Å²) in [6.07, 6.45) is 0. The van der Waals surface area contributed by atoms with Crippen molar-refractivity contribution in [3.63, 3.8) is 0 Å². The number of H-pyrrole nitrogens is 1. The van der Waals surface area contributed by atoms with Crippen LogP contribution in [0.1, 0.15) is 32.3 Å². The van der Waals surface area contributed by atoms with Crippen LogP contribution >= 0.6 is 23.1 Å². The first-order chi connectivity index (χ1) is 13.8. The van der Waals surface area contributed by atoms with E-state index in [1.165, 1.54) is 40.3 Å². The molecule has 0 saturated heterocycles. The number of rotatable bonds is 5. The van der Waals surface area contributed by atoms with E-state index >= 15 is 0 Å². The van der Waals surface area contributed by atoms with Crippen molar-refractivity contribution >= 4 is 39.3 Å². The molecular weight excluding hydrogens is 408 g/mol. The van der Waals surface area contributed by atoms with Gasteiger partial charge in [-0.2, -0.15) is 0 Å². The molecule has 0 aliphatic heterocycles. The Morgan fingerprint density at radius 3 is 2.69 bits per heavy atom. The predicted molar refractivity (Wildman–Crippen MR) is 115 cm³/mol. The zero-order valence-corrected chi connectivity index (χ0v) is 17.7. The fraction of sp³-hybridized carbons (Fsp3) is 0.190. The molecule has 0 unspecified atom stereocenters. The molecule has 6 nitrogen and oxygen atoms in total. The molecule has 4 rings (SSSR count). The lowest BCUT2D eigenvalue weighted by Crippen LogP contribution is -2.08. The molecule has 0 amide bonds. The second-order valence-corrected chi connectivity index (χ2v) is 8.91. The maximum absolute atomic E-state index is 12.9. The maximum Gasteiger partial charge on any atom is 0.371 e. The number of thiophene rings is 1. The van der Waals surface area contributed by atoms with Crippen LogP contribution in [0.2, 0.25) is 0 Å². The first-order valence-corrected chi connectivity index (χ1v) is 10.7. The number of hydrogen-bond donors (Lipinski definition) is 2. The van der Waals surface area contributed by atoms with Crippen molar-refractivity contribution in [2.75, 3.05) is 0 Å². The molecule has 0 atom stereocenters. The summed E-state index contributed by atoms with van der Waals surface area (Å²) in [5, 5.41) is 10.0. The van der Waals surface area contributed by atoms with Crippen LogP contribution in [0.5, 0.6) is 0 Å². The quantitative estimate of drug-likeness (QED) is 0.338. The molecular formula is C21H18N2O4S2. The summed E-state index contributed by atoms with van der Waals surface area (Å²) < 4.78 is 5.25. The highest BCUT2D eigenvalue weighted by Gasteiger charge is 2.17. The largest absolute Gasteiger partial charge is 0.475 e. The van der Waals surface area contributed by atoms with Gasteiger partial charge in [-0.1, -0.05) is 30.0 Å². The number of aromatic nitrogens is 2. The molecule has 4 aromatic rings. The Morgan fingerprint density at radius 1 is 1.21 bits per heavy atom. The number of fused-ring (bicyclic) bond motifs is 1.